The van der Waals surface area contributed by atoms with Crippen LogP contribution in [-0.4, -0.2) is 52.2 Å². The number of amides is 2. The zero-order valence-corrected chi connectivity index (χ0v) is 18.1. The average molecular weight is 421 g/mol. The fourth-order valence-electron chi connectivity index (χ4n) is 4.45. The minimum Gasteiger partial charge on any atom is -0.331 e. The molecule has 0 bridgehead atoms. The second-order valence-electron chi connectivity index (χ2n) is 7.89. The molecule has 2 aromatic carbocycles. The van der Waals surface area contributed by atoms with Crippen LogP contribution in [0.4, 0.5) is 5.69 Å². The highest BCUT2D eigenvalue weighted by Crippen LogP contribution is 2.34. The van der Waals surface area contributed by atoms with Gasteiger partial charge in [-0.05, 0) is 17.5 Å². The summed E-state index contributed by atoms with van der Waals surface area (Å²) in [5.41, 5.74) is 0.887. The summed E-state index contributed by atoms with van der Waals surface area (Å²) in [5.74, 6) is -0.391. The topological polar surface area (TPSA) is 83.8 Å². The van der Waals surface area contributed by atoms with Gasteiger partial charge >= 0.3 is 0 Å². The predicted octanol–water partition coefficient (Wildman–Crippen LogP) is 3.47. The number of carbonyl (C=O) groups is 2. The van der Waals surface area contributed by atoms with E-state index in [1.54, 1.807) is 26.2 Å². The molecule has 1 aliphatic heterocycles. The van der Waals surface area contributed by atoms with Crippen molar-refractivity contribution in [1.29, 1.82) is 0 Å². The number of likely N-dealkylation sites (N-methyl/N-ethyl adjacent to an activating group) is 2. The van der Waals surface area contributed by atoms with Crippen molar-refractivity contribution in [3.8, 4) is 0 Å². The number of hydrogen-bond donors (Lipinski definition) is 0. The number of benzene rings is 2. The molecule has 2 aromatic rings. The van der Waals surface area contributed by atoms with Crippen molar-refractivity contribution in [2.24, 2.45) is 0 Å². The molecule has 2 amide bonds. The molecule has 0 saturated carbocycles. The Labute approximate surface area is 182 Å². The van der Waals surface area contributed by atoms with Crippen LogP contribution in [-0.2, 0) is 22.4 Å². The molecule has 1 aliphatic rings. The van der Waals surface area contributed by atoms with Crippen molar-refractivity contribution in [2.75, 3.05) is 14.1 Å². The number of nitro benzene ring substituents is 1. The fourth-order valence-corrected chi connectivity index (χ4v) is 4.45. The van der Waals surface area contributed by atoms with E-state index in [0.29, 0.717) is 24.0 Å². The maximum absolute atomic E-state index is 13.6. The van der Waals surface area contributed by atoms with Crippen LogP contribution in [0.5, 0.6) is 0 Å². The smallest absolute Gasteiger partial charge is 0.273 e. The Morgan fingerprint density at radius 1 is 1.13 bits per heavy atom. The zero-order chi connectivity index (χ0) is 22.8. The van der Waals surface area contributed by atoms with E-state index in [1.807, 2.05) is 37.3 Å². The normalized spacial score (nSPS) is 21.3. The number of carbonyl (C=O) groups excluding carboxylic acids is 2. The van der Waals surface area contributed by atoms with E-state index in [1.165, 1.54) is 21.9 Å². The quantitative estimate of drug-likeness (QED) is 0.506. The van der Waals surface area contributed by atoms with Crippen LogP contribution in [0, 0.1) is 10.1 Å². The molecule has 7 heteroatoms. The van der Waals surface area contributed by atoms with Crippen LogP contribution in [0.2, 0.25) is 0 Å². The van der Waals surface area contributed by atoms with Crippen molar-refractivity contribution in [3.05, 3.63) is 81.9 Å². The van der Waals surface area contributed by atoms with E-state index < -0.39 is 16.5 Å². The molecule has 0 spiro atoms. The first-order chi connectivity index (χ1) is 14.8. The van der Waals surface area contributed by atoms with Gasteiger partial charge in [0.05, 0.1) is 4.92 Å². The summed E-state index contributed by atoms with van der Waals surface area (Å²) < 4.78 is 0. The lowest BCUT2D eigenvalue weighted by atomic mass is 9.81. The maximum atomic E-state index is 13.6. The number of rotatable bonds is 7. The number of piperazine rings is 1. The second-order valence-corrected chi connectivity index (χ2v) is 7.89. The lowest BCUT2D eigenvalue weighted by Gasteiger charge is -2.50. The zero-order valence-electron chi connectivity index (χ0n) is 18.1. The molecule has 3 rings (SSSR count). The van der Waals surface area contributed by atoms with E-state index in [9.17, 15) is 19.7 Å². The van der Waals surface area contributed by atoms with Gasteiger partial charge in [-0.15, -0.1) is 0 Å². The summed E-state index contributed by atoms with van der Waals surface area (Å²) in [6, 6.07) is 13.5. The molecular weight excluding hydrogens is 394 g/mol. The van der Waals surface area contributed by atoms with Crippen molar-refractivity contribution < 1.29 is 14.5 Å². The van der Waals surface area contributed by atoms with Gasteiger partial charge in [-0.3, -0.25) is 19.7 Å². The Balaban J connectivity index is 1.99. The monoisotopic (exact) mass is 421 g/mol. The molecule has 0 N–H and O–H groups in total. The van der Waals surface area contributed by atoms with E-state index >= 15 is 0 Å². The standard InChI is InChI=1S/C24H27N3O4/c1-5-18-13-10-14-20(27(30)31)19(18)15-21-22(28)26(4)24(6-2,23(29)25(21)3)16-17-11-8-7-9-12-17/h5,7-14,21H,1,6,15-16H2,2-4H3. The van der Waals surface area contributed by atoms with E-state index in [-0.39, 0.29) is 23.9 Å². The third-order valence-electron chi connectivity index (χ3n) is 6.37. The van der Waals surface area contributed by atoms with Crippen LogP contribution in [0.1, 0.15) is 30.0 Å². The van der Waals surface area contributed by atoms with Gasteiger partial charge in [-0.1, -0.05) is 62.0 Å². The molecule has 2 atom stereocenters. The SMILES string of the molecule is C=Cc1cccc([N+](=O)[O-])c1CC1C(=O)N(C)C(CC)(Cc2ccccc2)C(=O)N1C. The summed E-state index contributed by atoms with van der Waals surface area (Å²) in [4.78, 5) is 41.2. The molecule has 1 saturated heterocycles. The van der Waals surface area contributed by atoms with Crippen LogP contribution < -0.4 is 0 Å². The van der Waals surface area contributed by atoms with Gasteiger partial charge in [0, 0.05) is 38.6 Å². The van der Waals surface area contributed by atoms with Crippen LogP contribution >= 0.6 is 0 Å². The minimum atomic E-state index is -0.992. The Morgan fingerprint density at radius 2 is 1.81 bits per heavy atom. The van der Waals surface area contributed by atoms with Crippen molar-refractivity contribution in [1.82, 2.24) is 9.80 Å². The summed E-state index contributed by atoms with van der Waals surface area (Å²) in [5, 5.41) is 11.6. The molecule has 7 nitrogen and oxygen atoms in total. The third kappa shape index (κ3) is 3.83. The molecule has 0 aliphatic carbocycles. The van der Waals surface area contributed by atoms with Crippen LogP contribution in [0.15, 0.2) is 55.1 Å². The number of nitrogens with zero attached hydrogens (tertiary/aromatic N) is 3. The van der Waals surface area contributed by atoms with Gasteiger partial charge in [0.15, 0.2) is 0 Å². The van der Waals surface area contributed by atoms with E-state index in [4.69, 9.17) is 0 Å². The van der Waals surface area contributed by atoms with Gasteiger partial charge in [0.1, 0.15) is 11.6 Å². The van der Waals surface area contributed by atoms with E-state index in [2.05, 4.69) is 6.58 Å². The summed E-state index contributed by atoms with van der Waals surface area (Å²) in [6.07, 6.45) is 2.46. The molecule has 0 aromatic heterocycles. The Morgan fingerprint density at radius 3 is 2.39 bits per heavy atom. The van der Waals surface area contributed by atoms with Gasteiger partial charge in [-0.25, -0.2) is 0 Å². The van der Waals surface area contributed by atoms with E-state index in [0.717, 1.165) is 5.56 Å². The van der Waals surface area contributed by atoms with Crippen molar-refractivity contribution >= 4 is 23.6 Å². The average Bonchev–Trinajstić information content (AvgIpc) is 2.78. The minimum absolute atomic E-state index is 0.0506. The summed E-state index contributed by atoms with van der Waals surface area (Å²) in [7, 11) is 3.26. The Bertz CT molecular complexity index is 1020. The third-order valence-corrected chi connectivity index (χ3v) is 6.37. The predicted molar refractivity (Wildman–Crippen MR) is 119 cm³/mol. The molecule has 162 valence electrons. The number of hydrogen-bond acceptors (Lipinski definition) is 4. The Kier molecular flexibility index (Phi) is 6.24. The van der Waals surface area contributed by atoms with Gasteiger partial charge in [0.2, 0.25) is 11.8 Å². The molecule has 1 fully saturated rings. The molecular formula is C24H27N3O4. The fraction of sp³-hybridized carbons (Fsp3) is 0.333. The lowest BCUT2D eigenvalue weighted by molar-refractivity contribution is -0.385. The first-order valence-electron chi connectivity index (χ1n) is 10.2. The molecule has 0 radical (unpaired) electrons. The van der Waals surface area contributed by atoms with Crippen LogP contribution in [0.25, 0.3) is 6.08 Å². The number of nitro groups is 1. The first-order valence-corrected chi connectivity index (χ1v) is 10.2. The second kappa shape index (κ2) is 8.71. The lowest BCUT2D eigenvalue weighted by Crippen LogP contribution is -2.70. The van der Waals surface area contributed by atoms with Crippen molar-refractivity contribution in [2.45, 2.75) is 37.8 Å². The van der Waals surface area contributed by atoms with Gasteiger partial charge in [0.25, 0.3) is 5.69 Å². The van der Waals surface area contributed by atoms with Crippen LogP contribution in [0.3, 0.4) is 0 Å². The maximum Gasteiger partial charge on any atom is 0.273 e. The summed E-state index contributed by atoms with van der Waals surface area (Å²) in [6.45, 7) is 5.64. The highest BCUT2D eigenvalue weighted by molar-refractivity contribution is 6.00. The molecule has 2 unspecified atom stereocenters. The first kappa shape index (κ1) is 22.2. The largest absolute Gasteiger partial charge is 0.331 e. The summed E-state index contributed by atoms with van der Waals surface area (Å²) >= 11 is 0. The highest BCUT2D eigenvalue weighted by atomic mass is 16.6. The highest BCUT2D eigenvalue weighted by Gasteiger charge is 2.52. The van der Waals surface area contributed by atoms with Gasteiger partial charge < -0.3 is 9.80 Å². The molecule has 1 heterocycles. The van der Waals surface area contributed by atoms with Crippen molar-refractivity contribution in [3.63, 3.8) is 0 Å². The Hall–Kier alpha value is -3.48. The van der Waals surface area contributed by atoms with Gasteiger partial charge in [-0.2, -0.15) is 0 Å². The molecule has 31 heavy (non-hydrogen) atoms.